The molecule has 5 aromatic rings. The number of nitrogens with zero attached hydrogens (tertiary/aromatic N) is 9. The van der Waals surface area contributed by atoms with E-state index in [1.54, 1.807) is 10.9 Å². The summed E-state index contributed by atoms with van der Waals surface area (Å²) in [5.74, 6) is -1.02. The van der Waals surface area contributed by atoms with E-state index in [2.05, 4.69) is 30.5 Å². The van der Waals surface area contributed by atoms with Gasteiger partial charge in [0.2, 0.25) is 5.69 Å². The van der Waals surface area contributed by atoms with Crippen molar-refractivity contribution >= 4 is 11.6 Å². The molecule has 44 heavy (non-hydrogen) atoms. The molecule has 0 bridgehead atoms. The smallest absolute Gasteiger partial charge is 0.436 e. The molecule has 4 heterocycles. The summed E-state index contributed by atoms with van der Waals surface area (Å²) in [4.78, 5) is 0. The van der Waals surface area contributed by atoms with Crippen LogP contribution in [0.2, 0.25) is 5.02 Å². The highest BCUT2D eigenvalue weighted by Crippen LogP contribution is 2.35. The number of alkyl halides is 5. The van der Waals surface area contributed by atoms with Crippen LogP contribution in [0.25, 0.3) is 28.1 Å². The van der Waals surface area contributed by atoms with E-state index in [1.807, 2.05) is 13.8 Å². The Kier molecular flexibility index (Phi) is 8.60. The fraction of sp³-hybridized carbons (Fsp3) is 0.308. The number of ether oxygens (including phenoxy) is 1. The van der Waals surface area contributed by atoms with Gasteiger partial charge in [0.25, 0.3) is 0 Å². The summed E-state index contributed by atoms with van der Waals surface area (Å²) in [6.45, 7) is 0.324. The summed E-state index contributed by atoms with van der Waals surface area (Å²) in [6.07, 6.45) is 1.27. The van der Waals surface area contributed by atoms with E-state index < -0.39 is 36.9 Å². The summed E-state index contributed by atoms with van der Waals surface area (Å²) in [6, 6.07) is 4.06. The lowest BCUT2D eigenvalue weighted by Crippen LogP contribution is -2.36. The summed E-state index contributed by atoms with van der Waals surface area (Å²) in [5, 5.41) is 31.9. The summed E-state index contributed by atoms with van der Waals surface area (Å²) >= 11 is 5.98. The second-order valence-corrected chi connectivity index (χ2v) is 10.2. The molecule has 0 radical (unpaired) electrons. The van der Waals surface area contributed by atoms with Crippen molar-refractivity contribution in [3.63, 3.8) is 0 Å². The predicted molar refractivity (Wildman–Crippen MR) is 142 cm³/mol. The van der Waals surface area contributed by atoms with Crippen LogP contribution in [0.1, 0.15) is 43.7 Å². The normalized spacial score (nSPS) is 12.9. The highest BCUT2D eigenvalue weighted by atomic mass is 35.5. The Balaban J connectivity index is 1.55. The predicted octanol–water partition coefficient (Wildman–Crippen LogP) is 5.63. The highest BCUT2D eigenvalue weighted by Gasteiger charge is 2.35. The van der Waals surface area contributed by atoms with Gasteiger partial charge in [-0.3, -0.25) is 4.68 Å². The van der Waals surface area contributed by atoms with Gasteiger partial charge in [-0.2, -0.15) is 31.8 Å². The van der Waals surface area contributed by atoms with Crippen molar-refractivity contribution in [3.05, 3.63) is 82.7 Å². The van der Waals surface area contributed by atoms with Gasteiger partial charge in [-0.1, -0.05) is 22.0 Å². The van der Waals surface area contributed by atoms with Crippen molar-refractivity contribution in [2.45, 2.75) is 45.1 Å². The van der Waals surface area contributed by atoms with Gasteiger partial charge >= 0.3 is 12.8 Å². The molecule has 0 aliphatic rings. The van der Waals surface area contributed by atoms with E-state index in [9.17, 15) is 27.2 Å². The number of rotatable bonds is 10. The molecule has 18 heteroatoms. The highest BCUT2D eigenvalue weighted by molar-refractivity contribution is 6.31. The van der Waals surface area contributed by atoms with Crippen LogP contribution in [0, 0.1) is 11.0 Å². The molecule has 232 valence electrons. The van der Waals surface area contributed by atoms with Gasteiger partial charge < -0.3 is 9.94 Å². The van der Waals surface area contributed by atoms with Crippen LogP contribution >= 0.6 is 11.6 Å². The molecule has 5 rings (SSSR count). The standard InChI is InChI=1S/C26H22ClF6N9O2/c1-14(2)42-21(10-34-37-42)16-9-35-39(11-16)18(7-8-44-25(29)30)19-5-3-15(12-41(19)43)23-20(6-4-17(27)24(23)28)40-13-22(36-38-40)26(31,32)33/h3-6,9-14,18,25H,7-8H2,1-2H3. The fourth-order valence-electron chi connectivity index (χ4n) is 4.57. The molecule has 1 aromatic carbocycles. The van der Waals surface area contributed by atoms with Gasteiger partial charge in [0.05, 0.1) is 52.7 Å². The van der Waals surface area contributed by atoms with E-state index in [1.165, 1.54) is 35.3 Å². The van der Waals surface area contributed by atoms with Gasteiger partial charge in [-0.25, -0.2) is 13.8 Å². The Hall–Kier alpha value is -4.51. The largest absolute Gasteiger partial charge is 0.618 e. The third kappa shape index (κ3) is 6.23. The number of halogens is 7. The number of hydrogen-bond acceptors (Lipinski definition) is 7. The fourth-order valence-corrected chi connectivity index (χ4v) is 4.73. The average Bonchev–Trinajstić information content (AvgIpc) is 3.73. The molecule has 4 aromatic heterocycles. The first kappa shape index (κ1) is 30.9. The molecule has 1 atom stereocenters. The molecule has 0 saturated carbocycles. The number of benzene rings is 1. The van der Waals surface area contributed by atoms with Crippen LogP contribution in [-0.4, -0.2) is 53.0 Å². The molecule has 0 saturated heterocycles. The van der Waals surface area contributed by atoms with Crippen molar-refractivity contribution in [1.82, 2.24) is 39.8 Å². The lowest BCUT2D eigenvalue weighted by molar-refractivity contribution is -0.615. The van der Waals surface area contributed by atoms with Crippen molar-refractivity contribution in [2.75, 3.05) is 6.61 Å². The first-order chi connectivity index (χ1) is 20.8. The van der Waals surface area contributed by atoms with Gasteiger partial charge in [-0.05, 0) is 32.0 Å². The van der Waals surface area contributed by atoms with Gasteiger partial charge in [-0.15, -0.1) is 10.2 Å². The molecule has 0 aliphatic heterocycles. The minimum atomic E-state index is -4.80. The maximum atomic E-state index is 15.4. The van der Waals surface area contributed by atoms with E-state index >= 15 is 4.39 Å². The third-order valence-electron chi connectivity index (χ3n) is 6.59. The number of hydrogen-bond donors (Lipinski definition) is 0. The Bertz CT molecular complexity index is 1770. The number of pyridine rings is 1. The van der Waals surface area contributed by atoms with E-state index in [0.717, 1.165) is 12.3 Å². The first-order valence-corrected chi connectivity index (χ1v) is 13.3. The Labute approximate surface area is 249 Å². The van der Waals surface area contributed by atoms with Crippen LogP contribution < -0.4 is 4.73 Å². The van der Waals surface area contributed by atoms with Crippen LogP contribution in [0.3, 0.4) is 0 Å². The third-order valence-corrected chi connectivity index (χ3v) is 6.89. The van der Waals surface area contributed by atoms with E-state index in [4.69, 9.17) is 11.6 Å². The van der Waals surface area contributed by atoms with Crippen LogP contribution in [-0.2, 0) is 10.9 Å². The lowest BCUT2D eigenvalue weighted by Gasteiger charge is -2.18. The van der Waals surface area contributed by atoms with Crippen molar-refractivity contribution < 1.29 is 35.8 Å². The van der Waals surface area contributed by atoms with E-state index in [-0.39, 0.29) is 40.0 Å². The zero-order chi connectivity index (χ0) is 31.8. The Morgan fingerprint density at radius 1 is 1.05 bits per heavy atom. The van der Waals surface area contributed by atoms with Gasteiger partial charge in [0.1, 0.15) is 6.04 Å². The van der Waals surface area contributed by atoms with Crippen molar-refractivity contribution in [2.24, 2.45) is 0 Å². The number of aromatic nitrogens is 9. The molecular formula is C26H22ClF6N9O2. The van der Waals surface area contributed by atoms with Crippen LogP contribution in [0.5, 0.6) is 0 Å². The minimum Gasteiger partial charge on any atom is -0.618 e. The van der Waals surface area contributed by atoms with Gasteiger partial charge in [0, 0.05) is 30.3 Å². The topological polar surface area (TPSA) is 115 Å². The van der Waals surface area contributed by atoms with E-state index in [0.29, 0.717) is 26.9 Å². The Morgan fingerprint density at radius 3 is 2.48 bits per heavy atom. The van der Waals surface area contributed by atoms with Crippen LogP contribution in [0.4, 0.5) is 26.3 Å². The summed E-state index contributed by atoms with van der Waals surface area (Å²) < 4.78 is 88.9. The SMILES string of the molecule is CC(C)n1nncc1-c1cnn(C(CCOC(F)F)c2ccc(-c3c(-n4cc(C(F)(F)F)nn4)ccc(Cl)c3F)c[n+]2[O-])c1. The van der Waals surface area contributed by atoms with Crippen molar-refractivity contribution in [1.29, 1.82) is 0 Å². The summed E-state index contributed by atoms with van der Waals surface area (Å²) in [7, 11) is 0. The van der Waals surface area contributed by atoms with Gasteiger partial charge in [0.15, 0.2) is 17.7 Å². The molecule has 11 nitrogen and oxygen atoms in total. The molecule has 0 N–H and O–H groups in total. The average molecular weight is 642 g/mol. The first-order valence-electron chi connectivity index (χ1n) is 12.9. The summed E-state index contributed by atoms with van der Waals surface area (Å²) in [5.41, 5.74) is -0.608. The monoisotopic (exact) mass is 641 g/mol. The molecule has 0 amide bonds. The lowest BCUT2D eigenvalue weighted by atomic mass is 10.0. The van der Waals surface area contributed by atoms with Crippen molar-refractivity contribution in [3.8, 4) is 28.1 Å². The maximum Gasteiger partial charge on any atom is 0.436 e. The zero-order valence-corrected chi connectivity index (χ0v) is 23.6. The zero-order valence-electron chi connectivity index (χ0n) is 22.8. The quantitative estimate of drug-likeness (QED) is 0.110. The molecule has 0 spiro atoms. The molecular weight excluding hydrogens is 620 g/mol. The second kappa shape index (κ2) is 12.2. The molecule has 0 fully saturated rings. The maximum absolute atomic E-state index is 15.4. The second-order valence-electron chi connectivity index (χ2n) is 9.77. The molecule has 0 aliphatic carbocycles. The molecule has 1 unspecified atom stereocenters. The minimum absolute atomic E-state index is 0.0286. The van der Waals surface area contributed by atoms with Crippen LogP contribution in [0.15, 0.2) is 55.2 Å². The Morgan fingerprint density at radius 2 is 1.82 bits per heavy atom.